The number of ether oxygens (including phenoxy) is 3. The molecule has 0 aliphatic carbocycles. The maximum atomic E-state index is 5.25. The first kappa shape index (κ1) is 9.88. The summed E-state index contributed by atoms with van der Waals surface area (Å²) in [7, 11) is 1.61. The molecule has 0 radical (unpaired) electrons. The third-order valence-electron chi connectivity index (χ3n) is 1.25. The maximum absolute atomic E-state index is 5.25. The molecule has 62 valence electrons. The Kier molecular flexibility index (Phi) is 3.28. The predicted molar refractivity (Wildman–Crippen MR) is 38.6 cm³/mol. The van der Waals surface area contributed by atoms with E-state index in [0.717, 1.165) is 0 Å². The smallest absolute Gasteiger partial charge is 0.183 e. The first-order valence-electron chi connectivity index (χ1n) is 2.98. The Morgan fingerprint density at radius 1 is 1.50 bits per heavy atom. The molecule has 0 saturated carbocycles. The molecular weight excluding hydrogens is 132 g/mol. The summed E-state index contributed by atoms with van der Waals surface area (Å²) in [6.07, 6.45) is -0.181. The van der Waals surface area contributed by atoms with Gasteiger partial charge in [-0.2, -0.15) is 0 Å². The highest BCUT2D eigenvalue weighted by Crippen LogP contribution is 2.21. The lowest BCUT2D eigenvalue weighted by molar-refractivity contribution is -0.182. The molecule has 0 aromatic rings. The van der Waals surface area contributed by atoms with Crippen molar-refractivity contribution in [2.24, 2.45) is 0 Å². The molecule has 1 heterocycles. The molecule has 0 N–H and O–H groups in total. The van der Waals surface area contributed by atoms with Crippen molar-refractivity contribution >= 4 is 0 Å². The van der Waals surface area contributed by atoms with Crippen molar-refractivity contribution in [3.8, 4) is 0 Å². The van der Waals surface area contributed by atoms with Gasteiger partial charge in [0.15, 0.2) is 12.1 Å². The van der Waals surface area contributed by atoms with Crippen LogP contribution in [0.25, 0.3) is 0 Å². The highest BCUT2D eigenvalue weighted by molar-refractivity contribution is 4.63. The first-order chi connectivity index (χ1) is 4.14. The molecule has 0 aromatic heterocycles. The van der Waals surface area contributed by atoms with Crippen LogP contribution in [0.3, 0.4) is 0 Å². The summed E-state index contributed by atoms with van der Waals surface area (Å²) in [6, 6.07) is 0. The van der Waals surface area contributed by atoms with Crippen LogP contribution < -0.4 is 0 Å². The Morgan fingerprint density at radius 3 is 2.30 bits per heavy atom. The number of hydrogen-bond donors (Lipinski definition) is 0. The molecule has 1 saturated heterocycles. The van der Waals surface area contributed by atoms with E-state index in [1.54, 1.807) is 7.11 Å². The van der Waals surface area contributed by atoms with Gasteiger partial charge in [0.2, 0.25) is 0 Å². The van der Waals surface area contributed by atoms with Gasteiger partial charge >= 0.3 is 0 Å². The molecule has 0 aromatic carbocycles. The largest absolute Gasteiger partial charge is 0.353 e. The van der Waals surface area contributed by atoms with Crippen LogP contribution >= 0.6 is 0 Å². The lowest BCUT2D eigenvalue weighted by atomic mass is 10.4. The van der Waals surface area contributed by atoms with Crippen LogP contribution in [0.1, 0.15) is 21.3 Å². The summed E-state index contributed by atoms with van der Waals surface area (Å²) in [5.74, 6) is -0.458. The molecule has 1 aliphatic rings. The fourth-order valence-electron chi connectivity index (χ4n) is 0.769. The lowest BCUT2D eigenvalue weighted by Gasteiger charge is -2.15. The summed E-state index contributed by atoms with van der Waals surface area (Å²) >= 11 is 0. The zero-order chi connectivity index (χ0) is 6.91. The molecule has 1 rings (SSSR count). The molecule has 3 heteroatoms. The normalized spacial score (nSPS) is 29.7. The van der Waals surface area contributed by atoms with Gasteiger partial charge in [-0.25, -0.2) is 0 Å². The zero-order valence-electron chi connectivity index (χ0n) is 6.01. The minimum atomic E-state index is -0.458. The van der Waals surface area contributed by atoms with E-state index in [1.165, 1.54) is 0 Å². The Hall–Kier alpha value is -0.120. The third kappa shape index (κ3) is 2.25. The molecule has 0 spiro atoms. The SMILES string of the molecule is C.COC1COC(C)(C)O1. The predicted octanol–water partition coefficient (Wildman–Crippen LogP) is 1.38. The van der Waals surface area contributed by atoms with Gasteiger partial charge in [0.05, 0.1) is 0 Å². The summed E-state index contributed by atoms with van der Waals surface area (Å²) in [5, 5.41) is 0. The molecule has 0 bridgehead atoms. The highest BCUT2D eigenvalue weighted by atomic mass is 16.8. The molecule has 10 heavy (non-hydrogen) atoms. The monoisotopic (exact) mass is 148 g/mol. The number of methoxy groups -OCH3 is 1. The van der Waals surface area contributed by atoms with Gasteiger partial charge in [0.1, 0.15) is 6.61 Å². The van der Waals surface area contributed by atoms with Gasteiger partial charge < -0.3 is 14.2 Å². The van der Waals surface area contributed by atoms with Crippen LogP contribution in [0.2, 0.25) is 0 Å². The Morgan fingerprint density at radius 2 is 2.10 bits per heavy atom. The van der Waals surface area contributed by atoms with Crippen molar-refractivity contribution in [1.29, 1.82) is 0 Å². The van der Waals surface area contributed by atoms with Crippen molar-refractivity contribution in [2.75, 3.05) is 13.7 Å². The summed E-state index contributed by atoms with van der Waals surface area (Å²) in [4.78, 5) is 0. The molecule has 1 unspecified atom stereocenters. The van der Waals surface area contributed by atoms with Crippen LogP contribution in [0.15, 0.2) is 0 Å². The van der Waals surface area contributed by atoms with E-state index in [9.17, 15) is 0 Å². The van der Waals surface area contributed by atoms with E-state index < -0.39 is 5.79 Å². The number of rotatable bonds is 1. The lowest BCUT2D eigenvalue weighted by Crippen LogP contribution is -2.21. The van der Waals surface area contributed by atoms with Crippen molar-refractivity contribution in [3.63, 3.8) is 0 Å². The van der Waals surface area contributed by atoms with E-state index in [-0.39, 0.29) is 13.7 Å². The summed E-state index contributed by atoms with van der Waals surface area (Å²) in [6.45, 7) is 4.27. The molecule has 1 fully saturated rings. The molecule has 0 amide bonds. The van der Waals surface area contributed by atoms with Crippen molar-refractivity contribution in [2.45, 2.75) is 33.4 Å². The Balaban J connectivity index is 0.000000810. The van der Waals surface area contributed by atoms with Crippen molar-refractivity contribution in [1.82, 2.24) is 0 Å². The van der Waals surface area contributed by atoms with E-state index >= 15 is 0 Å². The van der Waals surface area contributed by atoms with Crippen LogP contribution in [0, 0.1) is 0 Å². The van der Waals surface area contributed by atoms with E-state index in [1.807, 2.05) is 13.8 Å². The second kappa shape index (κ2) is 3.32. The third-order valence-corrected chi connectivity index (χ3v) is 1.25. The average molecular weight is 148 g/mol. The second-order valence-corrected chi connectivity index (χ2v) is 2.49. The fourth-order valence-corrected chi connectivity index (χ4v) is 0.769. The molecular formula is C7H16O3. The standard InChI is InChI=1S/C6H12O3.CH4/c1-6(2)8-4-5(7-3)9-6;/h5H,4H2,1-3H3;1H4. The van der Waals surface area contributed by atoms with Gasteiger partial charge in [-0.3, -0.25) is 0 Å². The van der Waals surface area contributed by atoms with Crippen molar-refractivity contribution in [3.05, 3.63) is 0 Å². The zero-order valence-corrected chi connectivity index (χ0v) is 6.01. The van der Waals surface area contributed by atoms with Gasteiger partial charge in [0.25, 0.3) is 0 Å². The number of hydrogen-bond acceptors (Lipinski definition) is 3. The van der Waals surface area contributed by atoms with Gasteiger partial charge in [0, 0.05) is 7.11 Å². The second-order valence-electron chi connectivity index (χ2n) is 2.49. The van der Waals surface area contributed by atoms with E-state index in [2.05, 4.69) is 0 Å². The van der Waals surface area contributed by atoms with E-state index in [0.29, 0.717) is 6.61 Å². The molecule has 3 nitrogen and oxygen atoms in total. The fraction of sp³-hybridized carbons (Fsp3) is 1.00. The van der Waals surface area contributed by atoms with Gasteiger partial charge in [-0.15, -0.1) is 0 Å². The topological polar surface area (TPSA) is 27.7 Å². The summed E-state index contributed by atoms with van der Waals surface area (Å²) < 4.78 is 15.3. The first-order valence-corrected chi connectivity index (χ1v) is 2.98. The summed E-state index contributed by atoms with van der Waals surface area (Å²) in [5.41, 5.74) is 0. The van der Waals surface area contributed by atoms with Crippen molar-refractivity contribution < 1.29 is 14.2 Å². The van der Waals surface area contributed by atoms with Crippen LogP contribution in [0.4, 0.5) is 0 Å². The molecule has 1 atom stereocenters. The quantitative estimate of drug-likeness (QED) is 0.562. The van der Waals surface area contributed by atoms with Crippen LogP contribution in [-0.4, -0.2) is 25.8 Å². The van der Waals surface area contributed by atoms with Crippen LogP contribution in [0.5, 0.6) is 0 Å². The van der Waals surface area contributed by atoms with Gasteiger partial charge in [-0.05, 0) is 13.8 Å². The van der Waals surface area contributed by atoms with Crippen LogP contribution in [-0.2, 0) is 14.2 Å². The minimum Gasteiger partial charge on any atom is -0.353 e. The molecule has 1 aliphatic heterocycles. The average Bonchev–Trinajstić information content (AvgIpc) is 2.10. The minimum absolute atomic E-state index is 0. The highest BCUT2D eigenvalue weighted by Gasteiger charge is 2.32. The Labute approximate surface area is 62.3 Å². The maximum Gasteiger partial charge on any atom is 0.183 e. The van der Waals surface area contributed by atoms with Gasteiger partial charge in [-0.1, -0.05) is 7.43 Å². The Bertz CT molecular complexity index is 101. The van der Waals surface area contributed by atoms with E-state index in [4.69, 9.17) is 14.2 Å².